The van der Waals surface area contributed by atoms with Crippen molar-refractivity contribution >= 4 is 11.9 Å². The SMILES string of the molecule is CC(=O)OC(CC1OC1(C)C)/C(C)=C/COC(=O)C(C)(C)C. The molecule has 1 aliphatic rings. The third kappa shape index (κ3) is 5.79. The van der Waals surface area contributed by atoms with Gasteiger partial charge in [-0.3, -0.25) is 9.59 Å². The largest absolute Gasteiger partial charge is 0.461 e. The van der Waals surface area contributed by atoms with Gasteiger partial charge in [-0.2, -0.15) is 0 Å². The Morgan fingerprint density at radius 1 is 1.27 bits per heavy atom. The van der Waals surface area contributed by atoms with Crippen LogP contribution in [0.1, 0.15) is 54.9 Å². The Morgan fingerprint density at radius 2 is 1.82 bits per heavy atom. The Labute approximate surface area is 133 Å². The zero-order valence-corrected chi connectivity index (χ0v) is 14.7. The average molecular weight is 312 g/mol. The van der Waals surface area contributed by atoms with Crippen molar-refractivity contribution in [1.29, 1.82) is 0 Å². The third-order valence-corrected chi connectivity index (χ3v) is 3.64. The molecule has 0 N–H and O–H groups in total. The molecule has 1 rings (SSSR count). The molecule has 0 bridgehead atoms. The quantitative estimate of drug-likeness (QED) is 0.428. The van der Waals surface area contributed by atoms with Crippen molar-refractivity contribution in [3.63, 3.8) is 0 Å². The van der Waals surface area contributed by atoms with Crippen LogP contribution in [0, 0.1) is 5.41 Å². The first-order valence-electron chi connectivity index (χ1n) is 7.62. The van der Waals surface area contributed by atoms with Gasteiger partial charge in [0.05, 0.1) is 17.1 Å². The van der Waals surface area contributed by atoms with Crippen LogP contribution in [-0.4, -0.2) is 36.4 Å². The predicted molar refractivity (Wildman–Crippen MR) is 83.3 cm³/mol. The van der Waals surface area contributed by atoms with Gasteiger partial charge in [0.2, 0.25) is 0 Å². The lowest BCUT2D eigenvalue weighted by Crippen LogP contribution is -2.24. The number of hydrogen-bond acceptors (Lipinski definition) is 5. The fourth-order valence-electron chi connectivity index (χ4n) is 1.98. The van der Waals surface area contributed by atoms with Gasteiger partial charge in [0.1, 0.15) is 12.7 Å². The van der Waals surface area contributed by atoms with Crippen molar-refractivity contribution < 1.29 is 23.8 Å². The second kappa shape index (κ2) is 6.82. The van der Waals surface area contributed by atoms with Gasteiger partial charge in [0, 0.05) is 13.3 Å². The highest BCUT2D eigenvalue weighted by molar-refractivity contribution is 5.75. The number of carbonyl (C=O) groups is 2. The highest BCUT2D eigenvalue weighted by Crippen LogP contribution is 2.39. The molecule has 0 aliphatic carbocycles. The Balaban J connectivity index is 2.59. The number of ether oxygens (including phenoxy) is 3. The van der Waals surface area contributed by atoms with Crippen LogP contribution < -0.4 is 0 Å². The molecule has 22 heavy (non-hydrogen) atoms. The maximum atomic E-state index is 11.7. The van der Waals surface area contributed by atoms with E-state index in [9.17, 15) is 9.59 Å². The molecule has 2 atom stereocenters. The molecule has 0 radical (unpaired) electrons. The van der Waals surface area contributed by atoms with Gasteiger partial charge in [-0.1, -0.05) is 0 Å². The van der Waals surface area contributed by atoms with E-state index in [1.165, 1.54) is 6.92 Å². The Bertz CT molecular complexity index is 456. The lowest BCUT2D eigenvalue weighted by Gasteiger charge is -2.19. The summed E-state index contributed by atoms with van der Waals surface area (Å²) in [4.78, 5) is 23.0. The lowest BCUT2D eigenvalue weighted by atomic mass is 9.97. The van der Waals surface area contributed by atoms with E-state index in [1.54, 1.807) is 26.8 Å². The lowest BCUT2D eigenvalue weighted by molar-refractivity contribution is -0.151. The zero-order chi connectivity index (χ0) is 17.1. The molecule has 0 aromatic carbocycles. The minimum atomic E-state index is -0.525. The molecule has 2 unspecified atom stereocenters. The summed E-state index contributed by atoms with van der Waals surface area (Å²) in [5, 5.41) is 0. The molecule has 1 heterocycles. The fourth-order valence-corrected chi connectivity index (χ4v) is 1.98. The third-order valence-electron chi connectivity index (χ3n) is 3.64. The normalized spacial score (nSPS) is 22.0. The van der Waals surface area contributed by atoms with Crippen LogP contribution in [0.25, 0.3) is 0 Å². The number of rotatable bonds is 6. The van der Waals surface area contributed by atoms with Crippen molar-refractivity contribution in [2.45, 2.75) is 72.7 Å². The molecule has 1 aliphatic heterocycles. The molecule has 5 nitrogen and oxygen atoms in total. The molecule has 126 valence electrons. The van der Waals surface area contributed by atoms with Gasteiger partial charge in [-0.25, -0.2) is 0 Å². The number of carbonyl (C=O) groups excluding carboxylic acids is 2. The van der Waals surface area contributed by atoms with Crippen LogP contribution in [0.2, 0.25) is 0 Å². The van der Waals surface area contributed by atoms with E-state index in [-0.39, 0.29) is 36.4 Å². The highest BCUT2D eigenvalue weighted by atomic mass is 16.6. The monoisotopic (exact) mass is 312 g/mol. The van der Waals surface area contributed by atoms with Crippen LogP contribution >= 0.6 is 0 Å². The van der Waals surface area contributed by atoms with Crippen molar-refractivity contribution in [3.05, 3.63) is 11.6 Å². The smallest absolute Gasteiger partial charge is 0.311 e. The van der Waals surface area contributed by atoms with Gasteiger partial charge in [-0.05, 0) is 53.2 Å². The minimum Gasteiger partial charge on any atom is -0.461 e. The summed E-state index contributed by atoms with van der Waals surface area (Å²) in [6.07, 6.45) is 2.13. The second-order valence-electron chi connectivity index (χ2n) is 7.34. The molecule has 0 spiro atoms. The molecule has 1 fully saturated rings. The van der Waals surface area contributed by atoms with Gasteiger partial charge >= 0.3 is 11.9 Å². The summed E-state index contributed by atoms with van der Waals surface area (Å²) in [6.45, 7) is 12.9. The zero-order valence-electron chi connectivity index (χ0n) is 14.7. The molecule has 0 aromatic rings. The summed E-state index contributed by atoms with van der Waals surface area (Å²) >= 11 is 0. The minimum absolute atomic E-state index is 0.0809. The number of hydrogen-bond donors (Lipinski definition) is 0. The Kier molecular flexibility index (Phi) is 5.79. The summed E-state index contributed by atoms with van der Waals surface area (Å²) < 4.78 is 16.1. The fraction of sp³-hybridized carbons (Fsp3) is 0.765. The summed E-state index contributed by atoms with van der Waals surface area (Å²) in [6, 6.07) is 0. The first kappa shape index (κ1) is 18.7. The van der Waals surface area contributed by atoms with Gasteiger partial charge in [0.15, 0.2) is 0 Å². The molecule has 1 saturated heterocycles. The van der Waals surface area contributed by atoms with Gasteiger partial charge in [-0.15, -0.1) is 0 Å². The molecular formula is C17H28O5. The van der Waals surface area contributed by atoms with Crippen LogP contribution in [-0.2, 0) is 23.8 Å². The summed E-state index contributed by atoms with van der Waals surface area (Å²) in [7, 11) is 0. The van der Waals surface area contributed by atoms with Crippen LogP contribution in [0.5, 0.6) is 0 Å². The average Bonchev–Trinajstić information content (AvgIpc) is 2.93. The highest BCUT2D eigenvalue weighted by Gasteiger charge is 2.49. The van der Waals surface area contributed by atoms with Crippen molar-refractivity contribution in [2.75, 3.05) is 6.61 Å². The van der Waals surface area contributed by atoms with Crippen LogP contribution in [0.4, 0.5) is 0 Å². The number of epoxide rings is 1. The van der Waals surface area contributed by atoms with Crippen molar-refractivity contribution in [2.24, 2.45) is 5.41 Å². The summed E-state index contributed by atoms with van der Waals surface area (Å²) in [5.74, 6) is -0.588. The van der Waals surface area contributed by atoms with Crippen LogP contribution in [0.15, 0.2) is 11.6 Å². The molecular weight excluding hydrogens is 284 g/mol. The number of esters is 2. The van der Waals surface area contributed by atoms with Crippen LogP contribution in [0.3, 0.4) is 0 Å². The first-order chi connectivity index (χ1) is 9.93. The van der Waals surface area contributed by atoms with E-state index >= 15 is 0 Å². The topological polar surface area (TPSA) is 65.1 Å². The van der Waals surface area contributed by atoms with E-state index in [1.807, 2.05) is 20.8 Å². The first-order valence-corrected chi connectivity index (χ1v) is 7.62. The van der Waals surface area contributed by atoms with E-state index in [0.717, 1.165) is 5.57 Å². The molecule has 0 aromatic heterocycles. The molecule has 5 heteroatoms. The van der Waals surface area contributed by atoms with Gasteiger partial charge in [0.25, 0.3) is 0 Å². The van der Waals surface area contributed by atoms with E-state index in [0.29, 0.717) is 6.42 Å². The molecule has 0 amide bonds. The Hall–Kier alpha value is -1.36. The van der Waals surface area contributed by atoms with E-state index in [4.69, 9.17) is 14.2 Å². The standard InChI is InChI=1S/C17H28O5/c1-11(8-9-20-15(19)16(3,4)5)13(21-12(2)18)10-14-17(6,7)22-14/h8,13-14H,9-10H2,1-7H3/b11-8+. The maximum absolute atomic E-state index is 11.7. The second-order valence-corrected chi connectivity index (χ2v) is 7.34. The Morgan fingerprint density at radius 3 is 2.23 bits per heavy atom. The summed E-state index contributed by atoms with van der Waals surface area (Å²) in [5.41, 5.74) is 0.184. The van der Waals surface area contributed by atoms with Crippen molar-refractivity contribution in [1.82, 2.24) is 0 Å². The molecule has 0 saturated carbocycles. The van der Waals surface area contributed by atoms with Gasteiger partial charge < -0.3 is 14.2 Å². The predicted octanol–water partition coefficient (Wildman–Crippen LogP) is 3.02. The van der Waals surface area contributed by atoms with E-state index < -0.39 is 5.41 Å². The van der Waals surface area contributed by atoms with Crippen molar-refractivity contribution in [3.8, 4) is 0 Å². The maximum Gasteiger partial charge on any atom is 0.311 e. The van der Waals surface area contributed by atoms with E-state index in [2.05, 4.69) is 0 Å².